The van der Waals surface area contributed by atoms with E-state index in [0.717, 1.165) is 16.9 Å². The summed E-state index contributed by atoms with van der Waals surface area (Å²) in [6, 6.07) is 16.6. The number of carbonyl (C=O) groups is 1. The van der Waals surface area contributed by atoms with E-state index in [-0.39, 0.29) is 5.91 Å². The van der Waals surface area contributed by atoms with Crippen molar-refractivity contribution in [1.82, 2.24) is 25.1 Å². The Kier molecular flexibility index (Phi) is 5.39. The third-order valence-corrected chi connectivity index (χ3v) is 5.27. The van der Waals surface area contributed by atoms with Crippen molar-refractivity contribution < 1.29 is 9.21 Å². The first-order valence-corrected chi connectivity index (χ1v) is 10.4. The van der Waals surface area contributed by atoms with Crippen LogP contribution in [0.3, 0.4) is 0 Å². The van der Waals surface area contributed by atoms with E-state index in [1.54, 1.807) is 41.7 Å². The molecule has 0 unspecified atom stereocenters. The summed E-state index contributed by atoms with van der Waals surface area (Å²) in [5.74, 6) is 0.524. The van der Waals surface area contributed by atoms with Crippen LogP contribution in [0.2, 0.25) is 5.02 Å². The SMILES string of the molecule is O=C(NCc1cccc(Cl)c1)c1cc(-c2cccnc2)nc2c1cnn2Cc1ccco1. The molecule has 0 aliphatic rings. The summed E-state index contributed by atoms with van der Waals surface area (Å²) >= 11 is 6.06. The molecular weight excluding hydrogens is 426 g/mol. The molecule has 0 atom stereocenters. The molecule has 32 heavy (non-hydrogen) atoms. The summed E-state index contributed by atoms with van der Waals surface area (Å²) in [5, 5.41) is 8.72. The number of fused-ring (bicyclic) bond motifs is 1. The zero-order valence-electron chi connectivity index (χ0n) is 16.9. The average molecular weight is 444 g/mol. The van der Waals surface area contributed by atoms with Crippen LogP contribution in [0.1, 0.15) is 21.7 Å². The molecule has 0 saturated heterocycles. The van der Waals surface area contributed by atoms with Gasteiger partial charge < -0.3 is 9.73 Å². The van der Waals surface area contributed by atoms with Gasteiger partial charge in [0.25, 0.3) is 5.91 Å². The van der Waals surface area contributed by atoms with Crippen LogP contribution in [0, 0.1) is 0 Å². The number of nitrogens with one attached hydrogen (secondary N) is 1. The number of carbonyl (C=O) groups excluding carboxylic acids is 1. The largest absolute Gasteiger partial charge is 0.467 e. The average Bonchev–Trinajstić information content (AvgIpc) is 3.48. The first-order valence-electron chi connectivity index (χ1n) is 9.99. The molecule has 1 N–H and O–H groups in total. The van der Waals surface area contributed by atoms with Crippen LogP contribution in [0.4, 0.5) is 0 Å². The van der Waals surface area contributed by atoms with Gasteiger partial charge in [0, 0.05) is 29.5 Å². The highest BCUT2D eigenvalue weighted by atomic mass is 35.5. The van der Waals surface area contributed by atoms with Gasteiger partial charge in [-0.3, -0.25) is 9.78 Å². The highest BCUT2D eigenvalue weighted by Gasteiger charge is 2.18. The zero-order chi connectivity index (χ0) is 21.9. The van der Waals surface area contributed by atoms with Gasteiger partial charge in [-0.1, -0.05) is 23.7 Å². The lowest BCUT2D eigenvalue weighted by Gasteiger charge is -2.10. The monoisotopic (exact) mass is 443 g/mol. The van der Waals surface area contributed by atoms with Crippen LogP contribution >= 0.6 is 11.6 Å². The van der Waals surface area contributed by atoms with Gasteiger partial charge in [0.05, 0.1) is 29.1 Å². The van der Waals surface area contributed by atoms with Gasteiger partial charge in [-0.25, -0.2) is 9.67 Å². The number of halogens is 1. The topological polar surface area (TPSA) is 85.8 Å². The van der Waals surface area contributed by atoms with E-state index in [1.165, 1.54) is 0 Å². The minimum absolute atomic E-state index is 0.222. The van der Waals surface area contributed by atoms with Gasteiger partial charge in [-0.05, 0) is 48.0 Å². The summed E-state index contributed by atoms with van der Waals surface area (Å²) in [4.78, 5) is 22.1. The predicted molar refractivity (Wildman–Crippen MR) is 121 cm³/mol. The van der Waals surface area contributed by atoms with Crippen LogP contribution in [-0.4, -0.2) is 25.7 Å². The number of aromatic nitrogens is 4. The molecule has 4 aromatic heterocycles. The smallest absolute Gasteiger partial charge is 0.252 e. The molecule has 0 aliphatic heterocycles. The molecule has 0 radical (unpaired) electrons. The van der Waals surface area contributed by atoms with Crippen LogP contribution in [0.25, 0.3) is 22.3 Å². The molecular formula is C24H18ClN5O2. The van der Waals surface area contributed by atoms with Gasteiger partial charge in [0.15, 0.2) is 5.65 Å². The van der Waals surface area contributed by atoms with Crippen molar-refractivity contribution in [2.24, 2.45) is 0 Å². The minimum Gasteiger partial charge on any atom is -0.467 e. The van der Waals surface area contributed by atoms with Gasteiger partial charge >= 0.3 is 0 Å². The van der Waals surface area contributed by atoms with Crippen LogP contribution in [0.15, 0.2) is 83.9 Å². The van der Waals surface area contributed by atoms with E-state index in [0.29, 0.717) is 40.4 Å². The summed E-state index contributed by atoms with van der Waals surface area (Å²) in [5.41, 5.74) is 3.44. The maximum absolute atomic E-state index is 13.2. The van der Waals surface area contributed by atoms with Crippen molar-refractivity contribution in [2.75, 3.05) is 0 Å². The zero-order valence-corrected chi connectivity index (χ0v) is 17.7. The predicted octanol–water partition coefficient (Wildman–Crippen LogP) is 4.72. The molecule has 0 spiro atoms. The Morgan fingerprint density at radius 1 is 1.09 bits per heavy atom. The quantitative estimate of drug-likeness (QED) is 0.410. The van der Waals surface area contributed by atoms with E-state index < -0.39 is 0 Å². The molecule has 8 heteroatoms. The summed E-state index contributed by atoms with van der Waals surface area (Å²) in [6.07, 6.45) is 6.69. The third-order valence-electron chi connectivity index (χ3n) is 5.04. The Morgan fingerprint density at radius 3 is 2.81 bits per heavy atom. The van der Waals surface area contributed by atoms with E-state index in [9.17, 15) is 4.79 Å². The number of pyridine rings is 2. The maximum Gasteiger partial charge on any atom is 0.252 e. The van der Waals surface area contributed by atoms with Crippen LogP contribution in [0.5, 0.6) is 0 Å². The van der Waals surface area contributed by atoms with E-state index in [2.05, 4.69) is 15.4 Å². The molecule has 1 amide bonds. The first kappa shape index (κ1) is 20.0. The molecule has 0 aliphatic carbocycles. The lowest BCUT2D eigenvalue weighted by molar-refractivity contribution is 0.0952. The van der Waals surface area contributed by atoms with Crippen molar-refractivity contribution in [3.05, 3.63) is 101 Å². The lowest BCUT2D eigenvalue weighted by atomic mass is 10.1. The Morgan fingerprint density at radius 2 is 2.03 bits per heavy atom. The Labute approximate surface area is 188 Å². The second kappa shape index (κ2) is 8.64. The summed E-state index contributed by atoms with van der Waals surface area (Å²) in [6.45, 7) is 0.759. The normalized spacial score (nSPS) is 11.0. The van der Waals surface area contributed by atoms with E-state index in [1.807, 2.05) is 42.5 Å². The Hall–Kier alpha value is -3.97. The number of hydrogen-bond acceptors (Lipinski definition) is 5. The fourth-order valence-corrected chi connectivity index (χ4v) is 3.70. The second-order valence-corrected chi connectivity index (χ2v) is 7.66. The Balaban J connectivity index is 1.54. The van der Waals surface area contributed by atoms with Crippen LogP contribution < -0.4 is 5.32 Å². The van der Waals surface area contributed by atoms with Crippen molar-refractivity contribution in [3.63, 3.8) is 0 Å². The van der Waals surface area contributed by atoms with Crippen molar-refractivity contribution in [1.29, 1.82) is 0 Å². The van der Waals surface area contributed by atoms with Gasteiger partial charge in [-0.15, -0.1) is 0 Å². The number of rotatable bonds is 6. The Bertz CT molecular complexity index is 1380. The summed E-state index contributed by atoms with van der Waals surface area (Å²) in [7, 11) is 0. The fraction of sp³-hybridized carbons (Fsp3) is 0.0833. The van der Waals surface area contributed by atoms with Gasteiger partial charge in [-0.2, -0.15) is 5.10 Å². The van der Waals surface area contributed by atoms with Crippen molar-refractivity contribution >= 4 is 28.5 Å². The van der Waals surface area contributed by atoms with E-state index >= 15 is 0 Å². The molecule has 4 heterocycles. The van der Waals surface area contributed by atoms with Crippen molar-refractivity contribution in [2.45, 2.75) is 13.1 Å². The number of amides is 1. The molecule has 1 aromatic carbocycles. The highest BCUT2D eigenvalue weighted by molar-refractivity contribution is 6.30. The molecule has 0 fully saturated rings. The third kappa shape index (κ3) is 4.10. The van der Waals surface area contributed by atoms with Gasteiger partial charge in [0.1, 0.15) is 12.3 Å². The first-order chi connectivity index (χ1) is 15.7. The summed E-state index contributed by atoms with van der Waals surface area (Å²) < 4.78 is 7.18. The lowest BCUT2D eigenvalue weighted by Crippen LogP contribution is -2.23. The molecule has 158 valence electrons. The van der Waals surface area contributed by atoms with Crippen molar-refractivity contribution in [3.8, 4) is 11.3 Å². The highest BCUT2D eigenvalue weighted by Crippen LogP contribution is 2.25. The van der Waals surface area contributed by atoms with Crippen LogP contribution in [-0.2, 0) is 13.1 Å². The number of nitrogens with zero attached hydrogens (tertiary/aromatic N) is 4. The minimum atomic E-state index is -0.222. The molecule has 5 rings (SSSR count). The fourth-order valence-electron chi connectivity index (χ4n) is 3.49. The second-order valence-electron chi connectivity index (χ2n) is 7.23. The van der Waals surface area contributed by atoms with E-state index in [4.69, 9.17) is 21.0 Å². The van der Waals surface area contributed by atoms with Gasteiger partial charge in [0.2, 0.25) is 0 Å². The maximum atomic E-state index is 13.2. The standard InChI is InChI=1S/C24H18ClN5O2/c25-18-6-1-4-16(10-18)12-27-24(31)20-11-22(17-5-2-8-26-13-17)29-23-21(20)14-28-30(23)15-19-7-3-9-32-19/h1-11,13-14H,12,15H2,(H,27,31). The molecule has 0 saturated carbocycles. The number of benzene rings is 1. The molecule has 7 nitrogen and oxygen atoms in total. The number of hydrogen-bond donors (Lipinski definition) is 1. The molecule has 0 bridgehead atoms. The number of furan rings is 1. The molecule has 5 aromatic rings.